The molecule has 154 valence electrons. The van der Waals surface area contributed by atoms with E-state index in [1.54, 1.807) is 4.90 Å². The molecule has 0 aromatic heterocycles. The first-order valence-corrected chi connectivity index (χ1v) is 10.2. The molecule has 2 aromatic carbocycles. The smallest absolute Gasteiger partial charge is 0.347 e. The fourth-order valence-corrected chi connectivity index (χ4v) is 3.67. The number of rotatable bonds is 6. The van der Waals surface area contributed by atoms with E-state index in [9.17, 15) is 14.7 Å². The molecule has 0 aliphatic carbocycles. The molecule has 1 saturated heterocycles. The van der Waals surface area contributed by atoms with Crippen molar-refractivity contribution in [3.05, 3.63) is 57.6 Å². The van der Waals surface area contributed by atoms with Crippen molar-refractivity contribution in [3.8, 4) is 5.75 Å². The molecule has 2 amide bonds. The number of benzene rings is 2. The number of hydrogen-bond donors (Lipinski definition) is 1. The Labute approximate surface area is 179 Å². The summed E-state index contributed by atoms with van der Waals surface area (Å²) in [6.45, 7) is 8.64. The van der Waals surface area contributed by atoms with Gasteiger partial charge in [-0.1, -0.05) is 28.1 Å². The van der Waals surface area contributed by atoms with Gasteiger partial charge < -0.3 is 14.7 Å². The van der Waals surface area contributed by atoms with E-state index in [0.717, 1.165) is 26.9 Å². The minimum absolute atomic E-state index is 0.0186. The first-order valence-electron chi connectivity index (χ1n) is 9.43. The molecule has 0 radical (unpaired) electrons. The third-order valence-electron chi connectivity index (χ3n) is 5.00. The zero-order valence-corrected chi connectivity index (χ0v) is 18.6. The molecule has 0 unspecified atom stereocenters. The topological polar surface area (TPSA) is 70.1 Å². The summed E-state index contributed by atoms with van der Waals surface area (Å²) in [4.78, 5) is 27.8. The number of aliphatic carboxylic acids is 1. The number of carboxylic acids is 1. The first kappa shape index (κ1) is 21.2. The van der Waals surface area contributed by atoms with Gasteiger partial charge in [0.05, 0.1) is 0 Å². The van der Waals surface area contributed by atoms with E-state index in [2.05, 4.69) is 15.9 Å². The van der Waals surface area contributed by atoms with E-state index in [1.807, 2.05) is 55.1 Å². The van der Waals surface area contributed by atoms with Gasteiger partial charge in [-0.2, -0.15) is 0 Å². The van der Waals surface area contributed by atoms with Crippen LogP contribution in [0.25, 0.3) is 0 Å². The summed E-state index contributed by atoms with van der Waals surface area (Å²) >= 11 is 3.41. The molecule has 3 rings (SSSR count). The van der Waals surface area contributed by atoms with Crippen LogP contribution in [0.1, 0.15) is 30.5 Å². The Hall–Kier alpha value is -2.54. The van der Waals surface area contributed by atoms with E-state index in [4.69, 9.17) is 4.74 Å². The van der Waals surface area contributed by atoms with Crippen LogP contribution in [0, 0.1) is 13.8 Å². The third-order valence-corrected chi connectivity index (χ3v) is 5.53. The second-order valence-corrected chi connectivity index (χ2v) is 8.72. The largest absolute Gasteiger partial charge is 0.478 e. The molecular formula is C22H25BrN2O4. The van der Waals surface area contributed by atoms with Crippen LogP contribution in [-0.2, 0) is 11.3 Å². The highest BCUT2D eigenvalue weighted by molar-refractivity contribution is 9.10. The maximum atomic E-state index is 12.8. The summed E-state index contributed by atoms with van der Waals surface area (Å²) in [6, 6.07) is 11.6. The van der Waals surface area contributed by atoms with Crippen LogP contribution < -0.4 is 9.64 Å². The predicted molar refractivity (Wildman–Crippen MR) is 116 cm³/mol. The molecular weight excluding hydrogens is 436 g/mol. The van der Waals surface area contributed by atoms with Crippen molar-refractivity contribution in [2.45, 2.75) is 39.8 Å². The molecule has 1 N–H and O–H groups in total. The van der Waals surface area contributed by atoms with Crippen LogP contribution >= 0.6 is 15.9 Å². The summed E-state index contributed by atoms with van der Waals surface area (Å²) in [5, 5.41) is 9.32. The number of hydrogen-bond acceptors (Lipinski definition) is 3. The fourth-order valence-electron chi connectivity index (χ4n) is 3.40. The van der Waals surface area contributed by atoms with Gasteiger partial charge in [0.2, 0.25) is 0 Å². The van der Waals surface area contributed by atoms with Crippen molar-refractivity contribution in [2.75, 3.05) is 18.0 Å². The Kier molecular flexibility index (Phi) is 5.89. The lowest BCUT2D eigenvalue weighted by atomic mass is 10.0. The number of ether oxygens (including phenoxy) is 1. The molecule has 7 heteroatoms. The zero-order chi connectivity index (χ0) is 21.3. The van der Waals surface area contributed by atoms with Gasteiger partial charge in [0.25, 0.3) is 0 Å². The van der Waals surface area contributed by atoms with Gasteiger partial charge in [-0.15, -0.1) is 0 Å². The summed E-state index contributed by atoms with van der Waals surface area (Å²) in [5.41, 5.74) is 2.27. The van der Waals surface area contributed by atoms with Crippen LogP contribution in [-0.4, -0.2) is 40.7 Å². The highest BCUT2D eigenvalue weighted by Gasteiger charge is 2.32. The van der Waals surface area contributed by atoms with Gasteiger partial charge in [0.1, 0.15) is 5.75 Å². The van der Waals surface area contributed by atoms with Crippen LogP contribution in [0.4, 0.5) is 10.5 Å². The summed E-state index contributed by atoms with van der Waals surface area (Å²) in [5.74, 6) is -0.443. The Morgan fingerprint density at radius 2 is 1.72 bits per heavy atom. The number of aryl methyl sites for hydroxylation is 2. The van der Waals surface area contributed by atoms with E-state index < -0.39 is 11.6 Å². The molecule has 0 bridgehead atoms. The number of amides is 2. The van der Waals surface area contributed by atoms with Crippen molar-refractivity contribution in [3.63, 3.8) is 0 Å². The number of anilines is 1. The third kappa shape index (κ3) is 4.56. The molecule has 6 nitrogen and oxygen atoms in total. The van der Waals surface area contributed by atoms with Gasteiger partial charge in [0, 0.05) is 29.8 Å². The summed E-state index contributed by atoms with van der Waals surface area (Å²) in [6.07, 6.45) is 0. The van der Waals surface area contributed by atoms with Gasteiger partial charge in [0.15, 0.2) is 5.60 Å². The maximum absolute atomic E-state index is 12.8. The van der Waals surface area contributed by atoms with Crippen molar-refractivity contribution in [1.29, 1.82) is 0 Å². The maximum Gasteiger partial charge on any atom is 0.347 e. The molecule has 0 saturated carbocycles. The van der Waals surface area contributed by atoms with Gasteiger partial charge in [-0.05, 0) is 68.7 Å². The Morgan fingerprint density at radius 1 is 1.14 bits per heavy atom. The van der Waals surface area contributed by atoms with Crippen molar-refractivity contribution in [2.24, 2.45) is 0 Å². The highest BCUT2D eigenvalue weighted by Crippen LogP contribution is 2.30. The number of nitrogens with zero attached hydrogens (tertiary/aromatic N) is 2. The quantitative estimate of drug-likeness (QED) is 0.674. The number of carbonyl (C=O) groups is 2. The SMILES string of the molecule is Cc1cc(CN2CCN(c3ccc(Br)cc3)C2=O)cc(C)c1OC(C)(C)C(=O)O. The second kappa shape index (κ2) is 8.06. The lowest BCUT2D eigenvalue weighted by Crippen LogP contribution is -2.38. The average molecular weight is 461 g/mol. The Balaban J connectivity index is 1.75. The molecule has 29 heavy (non-hydrogen) atoms. The predicted octanol–water partition coefficient (Wildman–Crippen LogP) is 4.75. The molecule has 0 atom stereocenters. The van der Waals surface area contributed by atoms with E-state index in [1.165, 1.54) is 13.8 Å². The minimum atomic E-state index is -1.31. The van der Waals surface area contributed by atoms with Gasteiger partial charge in [-0.25, -0.2) is 9.59 Å². The Morgan fingerprint density at radius 3 is 2.28 bits per heavy atom. The number of halogens is 1. The molecule has 1 aliphatic rings. The van der Waals surface area contributed by atoms with Gasteiger partial charge in [-0.3, -0.25) is 4.90 Å². The molecule has 1 aliphatic heterocycles. The van der Waals surface area contributed by atoms with Crippen molar-refractivity contribution in [1.82, 2.24) is 4.90 Å². The van der Waals surface area contributed by atoms with E-state index >= 15 is 0 Å². The number of carbonyl (C=O) groups excluding carboxylic acids is 1. The molecule has 1 fully saturated rings. The van der Waals surface area contributed by atoms with Crippen LogP contribution in [0.15, 0.2) is 40.9 Å². The Bertz CT molecular complexity index is 917. The monoisotopic (exact) mass is 460 g/mol. The fraction of sp³-hybridized carbons (Fsp3) is 0.364. The lowest BCUT2D eigenvalue weighted by molar-refractivity contribution is -0.152. The number of carboxylic acid groups (broad SMARTS) is 1. The standard InChI is InChI=1S/C22H25BrN2O4/c1-14-11-16(12-15(2)19(14)29-22(3,4)20(26)27)13-24-9-10-25(21(24)28)18-7-5-17(23)6-8-18/h5-8,11-12H,9-10,13H2,1-4H3,(H,26,27). The van der Waals surface area contributed by atoms with Crippen LogP contribution in [0.3, 0.4) is 0 Å². The summed E-state index contributed by atoms with van der Waals surface area (Å²) < 4.78 is 6.74. The van der Waals surface area contributed by atoms with E-state index in [0.29, 0.717) is 25.4 Å². The summed E-state index contributed by atoms with van der Waals surface area (Å²) in [7, 11) is 0. The van der Waals surface area contributed by atoms with Crippen molar-refractivity contribution >= 4 is 33.6 Å². The minimum Gasteiger partial charge on any atom is -0.478 e. The van der Waals surface area contributed by atoms with Crippen molar-refractivity contribution < 1.29 is 19.4 Å². The molecule has 2 aromatic rings. The average Bonchev–Trinajstić information content (AvgIpc) is 2.99. The molecule has 0 spiro atoms. The highest BCUT2D eigenvalue weighted by atomic mass is 79.9. The first-order chi connectivity index (χ1) is 13.6. The number of urea groups is 1. The normalized spacial score (nSPS) is 14.4. The second-order valence-electron chi connectivity index (χ2n) is 7.81. The molecule has 1 heterocycles. The van der Waals surface area contributed by atoms with Crippen LogP contribution in [0.2, 0.25) is 0 Å². The van der Waals surface area contributed by atoms with Crippen LogP contribution in [0.5, 0.6) is 5.75 Å². The van der Waals surface area contributed by atoms with Gasteiger partial charge >= 0.3 is 12.0 Å². The van der Waals surface area contributed by atoms with E-state index in [-0.39, 0.29) is 6.03 Å². The zero-order valence-electron chi connectivity index (χ0n) is 17.0. The lowest BCUT2D eigenvalue weighted by Gasteiger charge is -2.25.